The molecule has 16 heteroatoms. The maximum atomic E-state index is 14.9. The van der Waals surface area contributed by atoms with Crippen LogP contribution in [0.25, 0.3) is 22.3 Å². The molecule has 3 fully saturated rings. The van der Waals surface area contributed by atoms with E-state index in [4.69, 9.17) is 24.2 Å². The van der Waals surface area contributed by atoms with E-state index in [2.05, 4.69) is 34.1 Å². The van der Waals surface area contributed by atoms with E-state index in [-0.39, 0.29) is 31.5 Å². The summed E-state index contributed by atoms with van der Waals surface area (Å²) in [7, 11) is -2.81. The van der Waals surface area contributed by atoms with Crippen molar-refractivity contribution in [3.63, 3.8) is 0 Å². The predicted octanol–water partition coefficient (Wildman–Crippen LogP) is 7.92. The van der Waals surface area contributed by atoms with Gasteiger partial charge in [0, 0.05) is 46.8 Å². The van der Waals surface area contributed by atoms with Crippen LogP contribution in [0.2, 0.25) is 0 Å². The molecule has 1 saturated heterocycles. The van der Waals surface area contributed by atoms with Gasteiger partial charge in [-0.1, -0.05) is 51.0 Å². The average molecular weight is 883 g/mol. The minimum atomic E-state index is -4.38. The first-order chi connectivity index (χ1) is 29.5. The van der Waals surface area contributed by atoms with Gasteiger partial charge in [0.05, 0.1) is 24.9 Å². The van der Waals surface area contributed by atoms with Gasteiger partial charge >= 0.3 is 6.09 Å². The molecule has 0 spiro atoms. The fourth-order valence-corrected chi connectivity index (χ4v) is 10.7. The molecule has 328 valence electrons. The van der Waals surface area contributed by atoms with Crippen LogP contribution in [0.1, 0.15) is 78.7 Å². The number of nitrogens with zero attached hydrogens (tertiary/aromatic N) is 3. The van der Waals surface area contributed by atoms with Gasteiger partial charge in [0.2, 0.25) is 11.8 Å². The Labute approximate surface area is 366 Å². The monoisotopic (exact) mass is 882 g/mol. The number of thiazole rings is 1. The molecule has 62 heavy (non-hydrogen) atoms. The number of benzene rings is 2. The van der Waals surface area contributed by atoms with Crippen molar-refractivity contribution in [2.75, 3.05) is 19.0 Å². The molecule has 7 rings (SSSR count). The maximum absolute atomic E-state index is 14.9. The molecule has 6 atom stereocenters. The molecule has 4 N–H and O–H groups in total. The molecule has 2 saturated carbocycles. The van der Waals surface area contributed by atoms with E-state index in [0.29, 0.717) is 39.4 Å². The van der Waals surface area contributed by atoms with Crippen molar-refractivity contribution in [3.05, 3.63) is 78.2 Å². The lowest BCUT2D eigenvalue weighted by Gasteiger charge is -2.35. The Hall–Kier alpha value is -5.42. The zero-order valence-corrected chi connectivity index (χ0v) is 37.7. The molecule has 2 unspecified atom stereocenters. The third kappa shape index (κ3) is 9.78. The molecule has 0 bridgehead atoms. The van der Waals surface area contributed by atoms with Crippen molar-refractivity contribution < 1.29 is 38.1 Å². The summed E-state index contributed by atoms with van der Waals surface area (Å²) in [6.07, 6.45) is 3.45. The number of methoxy groups -OCH3 is 1. The molecule has 1 aliphatic heterocycles. The molecule has 4 aromatic rings. The Kier molecular flexibility index (Phi) is 13.0. The highest BCUT2D eigenvalue weighted by atomic mass is 32.1. The zero-order chi connectivity index (χ0) is 44.4. The normalized spacial score (nSPS) is 22.5. The number of anilines is 1. The average Bonchev–Trinajstić information content (AvgIpc) is 3.63. The van der Waals surface area contributed by atoms with E-state index in [1.54, 1.807) is 49.6 Å². The summed E-state index contributed by atoms with van der Waals surface area (Å²) in [6, 6.07) is 14.0. The molecular weight excluding hydrogens is 828 g/mol. The first-order valence-electron chi connectivity index (χ1n) is 21.0. The summed E-state index contributed by atoms with van der Waals surface area (Å²) >= 11 is 1.46. The number of ether oxygens (including phenoxy) is 3. The highest BCUT2D eigenvalue weighted by Gasteiger charge is 2.66. The Bertz CT molecular complexity index is 2440. The van der Waals surface area contributed by atoms with Crippen molar-refractivity contribution >= 4 is 52.6 Å². The van der Waals surface area contributed by atoms with Gasteiger partial charge < -0.3 is 40.0 Å². The highest BCUT2D eigenvalue weighted by Crippen LogP contribution is 2.69. The lowest BCUT2D eigenvalue weighted by atomic mass is 9.85. The first kappa shape index (κ1) is 44.6. The molecule has 14 nitrogen and oxygen atoms in total. The number of alkyl carbamates (subject to hydrolysis) is 1. The highest BCUT2D eigenvalue weighted by molar-refractivity contribution is 7.65. The Morgan fingerprint density at radius 2 is 1.81 bits per heavy atom. The number of amides is 3. The van der Waals surface area contributed by atoms with Gasteiger partial charge in [0.1, 0.15) is 46.8 Å². The molecular formula is C46H55N6O8PS. The van der Waals surface area contributed by atoms with E-state index in [0.717, 1.165) is 30.8 Å². The number of carbonyl (C=O) groups excluding carboxylic acids is 3. The maximum Gasteiger partial charge on any atom is 0.408 e. The largest absolute Gasteiger partial charge is 0.497 e. The van der Waals surface area contributed by atoms with Gasteiger partial charge in [-0.2, -0.15) is 0 Å². The predicted molar refractivity (Wildman–Crippen MR) is 240 cm³/mol. The van der Waals surface area contributed by atoms with Crippen LogP contribution in [-0.4, -0.2) is 86.9 Å². The molecule has 2 aromatic carbocycles. The molecule has 3 heterocycles. The first-order valence-corrected chi connectivity index (χ1v) is 23.6. The van der Waals surface area contributed by atoms with Crippen LogP contribution in [0.15, 0.2) is 72.6 Å². The van der Waals surface area contributed by atoms with E-state index in [1.807, 2.05) is 52.1 Å². The fourth-order valence-electron chi connectivity index (χ4n) is 8.10. The van der Waals surface area contributed by atoms with Crippen LogP contribution in [0, 0.1) is 22.9 Å². The number of pyridine rings is 1. The summed E-state index contributed by atoms with van der Waals surface area (Å²) in [5.41, 5.74) is 4.07. The van der Waals surface area contributed by atoms with E-state index in [9.17, 15) is 23.8 Å². The number of nitrogens with one attached hydrogen (secondary N) is 3. The summed E-state index contributed by atoms with van der Waals surface area (Å²) in [5, 5.41) is 10.7. The number of aromatic nitrogens is 2. The fraction of sp³-hybridized carbons (Fsp3) is 0.457. The SMILES string of the molecule is C=C[C@@H]1C[C@]1(NC(=O)[C@@H]1CC(Oc2cc(-c3csc(NC(C)C)n3)nc3cc(OC)ccc23)CN1C(=O)[C@@H](NC(=O)OC1CCCC1)C(C)(C)C)P(=O)(O)C#Cc1ccccc1. The van der Waals surface area contributed by atoms with Crippen LogP contribution in [0.5, 0.6) is 11.5 Å². The van der Waals surface area contributed by atoms with E-state index >= 15 is 0 Å². The van der Waals surface area contributed by atoms with Crippen molar-refractivity contribution in [2.24, 2.45) is 11.3 Å². The Morgan fingerprint density at radius 1 is 1.06 bits per heavy atom. The second kappa shape index (κ2) is 18.1. The van der Waals surface area contributed by atoms with Gasteiger partial charge in [-0.3, -0.25) is 14.2 Å². The van der Waals surface area contributed by atoms with Crippen molar-refractivity contribution in [1.29, 1.82) is 0 Å². The second-order valence-corrected chi connectivity index (χ2v) is 20.6. The van der Waals surface area contributed by atoms with Crippen LogP contribution in [0.3, 0.4) is 0 Å². The lowest BCUT2D eigenvalue weighted by Crippen LogP contribution is -2.58. The summed E-state index contributed by atoms with van der Waals surface area (Å²) in [4.78, 5) is 65.5. The van der Waals surface area contributed by atoms with Crippen LogP contribution in [0.4, 0.5) is 9.93 Å². The van der Waals surface area contributed by atoms with Crippen LogP contribution < -0.4 is 25.4 Å². The number of likely N-dealkylation sites (tertiary alicyclic amines) is 1. The molecule has 3 aliphatic rings. The minimum Gasteiger partial charge on any atom is -0.497 e. The quantitative estimate of drug-likeness (QED) is 0.0582. The number of hydrogen-bond acceptors (Lipinski definition) is 11. The van der Waals surface area contributed by atoms with Crippen molar-refractivity contribution in [1.82, 2.24) is 25.5 Å². The van der Waals surface area contributed by atoms with Gasteiger partial charge in [0.25, 0.3) is 7.37 Å². The number of fused-ring (bicyclic) bond motifs is 1. The van der Waals surface area contributed by atoms with Crippen molar-refractivity contribution in [3.8, 4) is 34.5 Å². The minimum absolute atomic E-state index is 0.0235. The lowest BCUT2D eigenvalue weighted by molar-refractivity contribution is -0.142. The van der Waals surface area contributed by atoms with Gasteiger partial charge in [-0.25, -0.2) is 14.8 Å². The summed E-state index contributed by atoms with van der Waals surface area (Å²) in [6.45, 7) is 13.4. The summed E-state index contributed by atoms with van der Waals surface area (Å²) < 4.78 is 32.1. The molecule has 2 aromatic heterocycles. The number of rotatable bonds is 13. The second-order valence-electron chi connectivity index (χ2n) is 17.6. The number of hydrogen-bond donors (Lipinski definition) is 4. The van der Waals surface area contributed by atoms with Crippen LogP contribution >= 0.6 is 18.7 Å². The zero-order valence-electron chi connectivity index (χ0n) is 36.0. The summed E-state index contributed by atoms with van der Waals surface area (Å²) in [5.74, 6) is 2.13. The van der Waals surface area contributed by atoms with E-state index < -0.39 is 60.1 Å². The topological polar surface area (TPSA) is 181 Å². The van der Waals surface area contributed by atoms with Crippen molar-refractivity contribution in [2.45, 2.75) is 109 Å². The van der Waals surface area contributed by atoms with Gasteiger partial charge in [-0.15, -0.1) is 17.9 Å². The van der Waals surface area contributed by atoms with E-state index in [1.165, 1.54) is 22.3 Å². The van der Waals surface area contributed by atoms with Crippen LogP contribution in [-0.2, 0) is 18.9 Å². The Morgan fingerprint density at radius 3 is 2.47 bits per heavy atom. The third-order valence-corrected chi connectivity index (χ3v) is 14.4. The number of carbonyl (C=O) groups is 3. The molecule has 2 aliphatic carbocycles. The third-order valence-electron chi connectivity index (χ3n) is 11.5. The standard InChI is InChI=1S/C46H55N6O8PS/c1-8-30-25-46(30,61(56,57)21-20-29-14-10-9-11-15-29)51-41(53)38-23-33(26-52(38)42(54)40(45(4,5)6)50-44(55)60-31-16-12-13-17-31)59-39-24-36(37-27-62-43(49-37)47-28(2)3)48-35-22-32(58-7)18-19-34(35)39/h8-11,14-15,18-19,22,24,27-28,30-31,33,38,40H,1,12-13,16-17,23,25-26H2,2-7H3,(H,47,49)(H,50,55)(H,51,53)(H,56,57)/t30-,33?,38+,40-,46+/m1/s1. The molecule has 0 radical (unpaired) electrons. The van der Waals surface area contributed by atoms with Gasteiger partial charge in [0.15, 0.2) is 5.13 Å². The Balaban J connectivity index is 1.22. The smallest absolute Gasteiger partial charge is 0.408 e. The molecule has 3 amide bonds. The van der Waals surface area contributed by atoms with Gasteiger partial charge in [-0.05, 0) is 81.3 Å².